The average molecular weight is 220 g/mol. The van der Waals surface area contributed by atoms with Gasteiger partial charge in [-0.3, -0.25) is 9.59 Å². The highest BCUT2D eigenvalue weighted by atomic mass is 16.5. The number of carbonyl (C=O) groups is 2. The molecule has 86 valence electrons. The predicted octanol–water partition coefficient (Wildman–Crippen LogP) is 2.62. The number of aldehydes is 2. The van der Waals surface area contributed by atoms with Crippen molar-refractivity contribution in [1.82, 2.24) is 0 Å². The second kappa shape index (κ2) is 4.47. The first-order valence-corrected chi connectivity index (χ1v) is 5.07. The van der Waals surface area contributed by atoms with Crippen LogP contribution in [0.25, 0.3) is 0 Å². The molecule has 0 aromatic heterocycles. The van der Waals surface area contributed by atoms with Crippen LogP contribution in [0.1, 0.15) is 47.1 Å². The van der Waals surface area contributed by atoms with E-state index in [-0.39, 0.29) is 5.41 Å². The van der Waals surface area contributed by atoms with E-state index in [1.807, 2.05) is 20.8 Å². The molecule has 0 radical (unpaired) electrons. The molecule has 16 heavy (non-hydrogen) atoms. The molecule has 0 aliphatic heterocycles. The molecule has 0 aliphatic carbocycles. The summed E-state index contributed by atoms with van der Waals surface area (Å²) in [6.45, 7) is 6.08. The predicted molar refractivity (Wildman–Crippen MR) is 62.5 cm³/mol. The van der Waals surface area contributed by atoms with E-state index >= 15 is 0 Å². The maximum Gasteiger partial charge on any atom is 0.153 e. The van der Waals surface area contributed by atoms with Gasteiger partial charge >= 0.3 is 0 Å². The Morgan fingerprint density at radius 2 is 1.50 bits per heavy atom. The van der Waals surface area contributed by atoms with Gasteiger partial charge in [0, 0.05) is 0 Å². The van der Waals surface area contributed by atoms with Gasteiger partial charge in [-0.25, -0.2) is 0 Å². The lowest BCUT2D eigenvalue weighted by Gasteiger charge is -2.21. The van der Waals surface area contributed by atoms with E-state index in [9.17, 15) is 9.59 Å². The molecule has 1 aromatic rings. The van der Waals surface area contributed by atoms with Crippen LogP contribution in [0.3, 0.4) is 0 Å². The molecule has 0 atom stereocenters. The molecule has 0 saturated heterocycles. The third kappa shape index (κ3) is 2.30. The van der Waals surface area contributed by atoms with Gasteiger partial charge in [0.1, 0.15) is 5.75 Å². The molecule has 0 spiro atoms. The number of rotatable bonds is 3. The van der Waals surface area contributed by atoms with Crippen molar-refractivity contribution in [2.45, 2.75) is 26.2 Å². The summed E-state index contributed by atoms with van der Waals surface area (Å²) in [7, 11) is 1.45. The van der Waals surface area contributed by atoms with Crippen molar-refractivity contribution in [3.05, 3.63) is 28.8 Å². The molecule has 0 unspecified atom stereocenters. The fourth-order valence-electron chi connectivity index (χ4n) is 1.52. The number of methoxy groups -OCH3 is 1. The number of carbonyl (C=O) groups excluding carboxylic acids is 2. The van der Waals surface area contributed by atoms with Crippen molar-refractivity contribution in [3.63, 3.8) is 0 Å². The van der Waals surface area contributed by atoms with Crippen LogP contribution in [0, 0.1) is 0 Å². The van der Waals surface area contributed by atoms with E-state index in [1.54, 1.807) is 12.1 Å². The highest BCUT2D eigenvalue weighted by Gasteiger charge is 2.18. The minimum Gasteiger partial charge on any atom is -0.495 e. The van der Waals surface area contributed by atoms with Crippen LogP contribution < -0.4 is 4.74 Å². The Bertz CT molecular complexity index is 385. The summed E-state index contributed by atoms with van der Waals surface area (Å²) >= 11 is 0. The molecule has 0 amide bonds. The number of hydrogen-bond acceptors (Lipinski definition) is 3. The molecule has 1 aromatic carbocycles. The lowest BCUT2D eigenvalue weighted by atomic mass is 9.85. The number of benzene rings is 1. The first-order valence-electron chi connectivity index (χ1n) is 5.07. The Hall–Kier alpha value is -1.64. The third-order valence-corrected chi connectivity index (χ3v) is 2.47. The van der Waals surface area contributed by atoms with Crippen LogP contribution in [-0.2, 0) is 5.41 Å². The van der Waals surface area contributed by atoms with Crippen LogP contribution in [0.2, 0.25) is 0 Å². The highest BCUT2D eigenvalue weighted by Crippen LogP contribution is 2.29. The van der Waals surface area contributed by atoms with Crippen LogP contribution >= 0.6 is 0 Å². The first kappa shape index (κ1) is 12.4. The summed E-state index contributed by atoms with van der Waals surface area (Å²) in [5, 5.41) is 0. The van der Waals surface area contributed by atoms with Crippen LogP contribution in [0.5, 0.6) is 5.75 Å². The average Bonchev–Trinajstić information content (AvgIpc) is 2.25. The van der Waals surface area contributed by atoms with Crippen LogP contribution in [0.15, 0.2) is 12.1 Å². The molecule has 0 aliphatic rings. The minimum atomic E-state index is -0.109. The van der Waals surface area contributed by atoms with Gasteiger partial charge in [-0.05, 0) is 23.1 Å². The summed E-state index contributed by atoms with van der Waals surface area (Å²) in [4.78, 5) is 21.9. The second-order valence-corrected chi connectivity index (χ2v) is 4.67. The highest BCUT2D eigenvalue weighted by molar-refractivity contribution is 5.89. The Balaban J connectivity index is 3.49. The molecule has 0 saturated carbocycles. The summed E-state index contributed by atoms with van der Waals surface area (Å²) in [5.74, 6) is 0.345. The Labute approximate surface area is 95.4 Å². The van der Waals surface area contributed by atoms with Gasteiger partial charge in [0.05, 0.1) is 18.2 Å². The lowest BCUT2D eigenvalue weighted by molar-refractivity contribution is 0.111. The second-order valence-electron chi connectivity index (χ2n) is 4.67. The van der Waals surface area contributed by atoms with Crippen LogP contribution in [-0.4, -0.2) is 19.7 Å². The Morgan fingerprint density at radius 3 is 1.75 bits per heavy atom. The van der Waals surface area contributed by atoms with Gasteiger partial charge in [-0.15, -0.1) is 0 Å². The SMILES string of the molecule is COc1c(C=O)cc(C(C)(C)C)cc1C=O. The zero-order valence-electron chi connectivity index (χ0n) is 10.0. The van der Waals surface area contributed by atoms with E-state index in [2.05, 4.69) is 0 Å². The monoisotopic (exact) mass is 220 g/mol. The summed E-state index contributed by atoms with van der Waals surface area (Å²) in [6, 6.07) is 3.53. The molecular formula is C13H16O3. The van der Waals surface area contributed by atoms with Crippen molar-refractivity contribution in [2.75, 3.05) is 7.11 Å². The van der Waals surface area contributed by atoms with E-state index in [0.717, 1.165) is 5.56 Å². The smallest absolute Gasteiger partial charge is 0.153 e. The summed E-state index contributed by atoms with van der Waals surface area (Å²) in [6.07, 6.45) is 1.42. The van der Waals surface area contributed by atoms with E-state index < -0.39 is 0 Å². The maximum atomic E-state index is 10.9. The molecule has 3 nitrogen and oxygen atoms in total. The fraction of sp³-hybridized carbons (Fsp3) is 0.385. The first-order chi connectivity index (χ1) is 7.43. The fourth-order valence-corrected chi connectivity index (χ4v) is 1.52. The molecule has 3 heteroatoms. The van der Waals surface area contributed by atoms with Crippen molar-refractivity contribution in [3.8, 4) is 5.75 Å². The molecule has 0 heterocycles. The molecule has 0 N–H and O–H groups in total. The Morgan fingerprint density at radius 1 is 1.06 bits per heavy atom. The van der Waals surface area contributed by atoms with E-state index in [4.69, 9.17) is 4.74 Å². The minimum absolute atomic E-state index is 0.109. The van der Waals surface area contributed by atoms with Gasteiger partial charge in [0.2, 0.25) is 0 Å². The number of ether oxygens (including phenoxy) is 1. The van der Waals surface area contributed by atoms with Gasteiger partial charge in [0.25, 0.3) is 0 Å². The van der Waals surface area contributed by atoms with Gasteiger partial charge in [-0.1, -0.05) is 20.8 Å². The standard InChI is InChI=1S/C13H16O3/c1-13(2,3)11-5-9(7-14)12(16-4)10(6-11)8-15/h5-8H,1-4H3. The van der Waals surface area contributed by atoms with Crippen molar-refractivity contribution >= 4 is 12.6 Å². The maximum absolute atomic E-state index is 10.9. The zero-order chi connectivity index (χ0) is 12.3. The van der Waals surface area contributed by atoms with Crippen molar-refractivity contribution < 1.29 is 14.3 Å². The van der Waals surface area contributed by atoms with Crippen molar-refractivity contribution in [2.24, 2.45) is 0 Å². The third-order valence-electron chi connectivity index (χ3n) is 2.47. The Kier molecular flexibility index (Phi) is 3.48. The molecular weight excluding hydrogens is 204 g/mol. The molecule has 0 bridgehead atoms. The zero-order valence-corrected chi connectivity index (χ0v) is 10.0. The molecule has 1 rings (SSSR count). The van der Waals surface area contributed by atoms with Crippen molar-refractivity contribution in [1.29, 1.82) is 0 Å². The van der Waals surface area contributed by atoms with E-state index in [1.165, 1.54) is 7.11 Å². The quantitative estimate of drug-likeness (QED) is 0.735. The topological polar surface area (TPSA) is 43.4 Å². The molecule has 0 fully saturated rings. The van der Waals surface area contributed by atoms with Gasteiger partial charge in [-0.2, -0.15) is 0 Å². The van der Waals surface area contributed by atoms with Crippen LogP contribution in [0.4, 0.5) is 0 Å². The normalized spacial score (nSPS) is 11.0. The lowest BCUT2D eigenvalue weighted by Crippen LogP contribution is -2.13. The summed E-state index contributed by atoms with van der Waals surface area (Å²) < 4.78 is 5.06. The number of hydrogen-bond donors (Lipinski definition) is 0. The van der Waals surface area contributed by atoms with Gasteiger partial charge in [0.15, 0.2) is 12.6 Å². The van der Waals surface area contributed by atoms with E-state index in [0.29, 0.717) is 29.4 Å². The summed E-state index contributed by atoms with van der Waals surface area (Å²) in [5.41, 5.74) is 1.66. The van der Waals surface area contributed by atoms with Gasteiger partial charge < -0.3 is 4.74 Å². The largest absolute Gasteiger partial charge is 0.495 e.